The van der Waals surface area contributed by atoms with E-state index in [2.05, 4.69) is 101 Å². The highest BCUT2D eigenvalue weighted by Gasteiger charge is 2.37. The summed E-state index contributed by atoms with van der Waals surface area (Å²) in [6.45, 7) is 10.8. The normalized spacial score (nSPS) is 15.6. The number of fused-ring (bicyclic) bond motifs is 3. The second kappa shape index (κ2) is 7.87. The largest absolute Gasteiger partial charge is 0.336 e. The maximum absolute atomic E-state index is 8.53. The summed E-state index contributed by atoms with van der Waals surface area (Å²) in [4.78, 5) is 2.22. The highest BCUT2D eigenvalue weighted by molar-refractivity contribution is 5.85. The molecule has 0 amide bonds. The molecule has 0 N–H and O–H groups in total. The van der Waals surface area contributed by atoms with Crippen LogP contribution < -0.4 is 4.90 Å². The Balaban J connectivity index is 1.75. The third-order valence-corrected chi connectivity index (χ3v) is 7.16. The van der Waals surface area contributed by atoms with Crippen LogP contribution in [0.15, 0.2) is 84.9 Å². The Bertz CT molecular complexity index is 1470. The standard InChI is InChI=1S/C33H35N/c1-22-19-25(24-13-9-8-10-14-24)17-18-30(22)34(32(3,4)5)31-21-29-27(20-23(31)2)26-15-11-12-16-28(26)33(29,6)7/h8-21H,1-7H3/i2D3. The first kappa shape index (κ1) is 19.0. The van der Waals surface area contributed by atoms with Gasteiger partial charge < -0.3 is 4.90 Å². The van der Waals surface area contributed by atoms with Crippen molar-refractivity contribution in [2.24, 2.45) is 0 Å². The highest BCUT2D eigenvalue weighted by atomic mass is 15.2. The molecule has 0 atom stereocenters. The fraction of sp³-hybridized carbons (Fsp3) is 0.273. The van der Waals surface area contributed by atoms with Crippen LogP contribution in [0.2, 0.25) is 0 Å². The molecule has 0 radical (unpaired) electrons. The summed E-state index contributed by atoms with van der Waals surface area (Å²) in [5.41, 5.74) is 9.58. The van der Waals surface area contributed by atoms with Crippen LogP contribution in [0.3, 0.4) is 0 Å². The van der Waals surface area contributed by atoms with Crippen molar-refractivity contribution in [1.82, 2.24) is 0 Å². The summed E-state index contributed by atoms with van der Waals surface area (Å²) in [6, 6.07) is 29.3. The molecule has 4 aromatic rings. The van der Waals surface area contributed by atoms with Gasteiger partial charge >= 0.3 is 0 Å². The molecule has 34 heavy (non-hydrogen) atoms. The summed E-state index contributed by atoms with van der Waals surface area (Å²) in [7, 11) is 0. The maximum atomic E-state index is 8.53. The first-order valence-electron chi connectivity index (χ1n) is 13.6. The van der Waals surface area contributed by atoms with Crippen molar-refractivity contribution in [1.29, 1.82) is 0 Å². The first-order valence-corrected chi connectivity index (χ1v) is 12.1. The van der Waals surface area contributed by atoms with Crippen LogP contribution >= 0.6 is 0 Å². The smallest absolute Gasteiger partial charge is 0.0449 e. The SMILES string of the molecule is [2H]C([2H])([2H])c1cc2c(cc1N(c1ccc(-c3ccccc3)cc1C)C(C)(C)C)C(C)(C)c1ccccc1-2. The van der Waals surface area contributed by atoms with Gasteiger partial charge in [0.15, 0.2) is 0 Å². The van der Waals surface area contributed by atoms with Crippen molar-refractivity contribution < 1.29 is 4.11 Å². The summed E-state index contributed by atoms with van der Waals surface area (Å²) in [5, 5.41) is 0. The van der Waals surface area contributed by atoms with Crippen LogP contribution in [0.4, 0.5) is 11.4 Å². The Morgan fingerprint density at radius 3 is 2.06 bits per heavy atom. The minimum Gasteiger partial charge on any atom is -0.336 e. The topological polar surface area (TPSA) is 3.24 Å². The quantitative estimate of drug-likeness (QED) is 0.302. The number of benzene rings is 4. The molecule has 0 saturated heterocycles. The minimum absolute atomic E-state index is 0.219. The molecule has 0 spiro atoms. The van der Waals surface area contributed by atoms with Gasteiger partial charge in [-0.2, -0.15) is 0 Å². The Morgan fingerprint density at radius 2 is 1.38 bits per heavy atom. The predicted octanol–water partition coefficient (Wildman–Crippen LogP) is 9.21. The van der Waals surface area contributed by atoms with E-state index in [1.807, 2.05) is 30.3 Å². The predicted molar refractivity (Wildman–Crippen MR) is 147 cm³/mol. The number of hydrogen-bond donors (Lipinski definition) is 0. The second-order valence-corrected chi connectivity index (χ2v) is 11.0. The lowest BCUT2D eigenvalue weighted by molar-refractivity contribution is 0.557. The number of aryl methyl sites for hydroxylation is 2. The van der Waals surface area contributed by atoms with E-state index in [4.69, 9.17) is 4.11 Å². The van der Waals surface area contributed by atoms with Gasteiger partial charge in [0.2, 0.25) is 0 Å². The van der Waals surface area contributed by atoms with Gasteiger partial charge in [0, 0.05) is 26.4 Å². The van der Waals surface area contributed by atoms with E-state index in [0.29, 0.717) is 5.56 Å². The van der Waals surface area contributed by atoms with Crippen LogP contribution in [-0.4, -0.2) is 5.54 Å². The number of anilines is 2. The molecule has 4 aromatic carbocycles. The van der Waals surface area contributed by atoms with Crippen molar-refractivity contribution in [3.63, 3.8) is 0 Å². The third kappa shape index (κ3) is 3.55. The average molecular weight is 449 g/mol. The monoisotopic (exact) mass is 448 g/mol. The molecule has 0 aliphatic heterocycles. The molecular formula is C33H35N. The first-order chi connectivity index (χ1) is 17.3. The van der Waals surface area contributed by atoms with Gasteiger partial charge in [-0.05, 0) is 103 Å². The number of hydrogen-bond acceptors (Lipinski definition) is 1. The molecule has 1 heteroatoms. The van der Waals surface area contributed by atoms with E-state index in [0.717, 1.165) is 33.6 Å². The number of nitrogens with zero attached hydrogens (tertiary/aromatic N) is 1. The molecule has 0 aromatic heterocycles. The van der Waals surface area contributed by atoms with Crippen molar-refractivity contribution in [3.05, 3.63) is 107 Å². The Morgan fingerprint density at radius 1 is 0.676 bits per heavy atom. The van der Waals surface area contributed by atoms with E-state index in [-0.39, 0.29) is 11.0 Å². The van der Waals surface area contributed by atoms with E-state index < -0.39 is 6.85 Å². The van der Waals surface area contributed by atoms with Gasteiger partial charge in [-0.1, -0.05) is 74.5 Å². The van der Waals surface area contributed by atoms with E-state index >= 15 is 0 Å². The zero-order chi connectivity index (χ0) is 26.8. The molecule has 1 nitrogen and oxygen atoms in total. The highest BCUT2D eigenvalue weighted by Crippen LogP contribution is 2.51. The lowest BCUT2D eigenvalue weighted by Gasteiger charge is -2.40. The van der Waals surface area contributed by atoms with E-state index in [1.165, 1.54) is 16.7 Å². The lowest BCUT2D eigenvalue weighted by Crippen LogP contribution is -2.38. The zero-order valence-electron chi connectivity index (χ0n) is 24.0. The summed E-state index contributed by atoms with van der Waals surface area (Å²) in [5.74, 6) is 0. The third-order valence-electron chi connectivity index (χ3n) is 7.16. The van der Waals surface area contributed by atoms with E-state index in [9.17, 15) is 0 Å². The molecule has 0 unspecified atom stereocenters. The van der Waals surface area contributed by atoms with E-state index in [1.54, 1.807) is 0 Å². The fourth-order valence-electron chi connectivity index (χ4n) is 5.49. The van der Waals surface area contributed by atoms with Gasteiger partial charge in [-0.25, -0.2) is 0 Å². The second-order valence-electron chi connectivity index (χ2n) is 11.0. The molecular weight excluding hydrogens is 410 g/mol. The van der Waals surface area contributed by atoms with Crippen molar-refractivity contribution in [2.75, 3.05) is 4.90 Å². The van der Waals surface area contributed by atoms with Crippen LogP contribution in [0.1, 0.15) is 61.0 Å². The maximum Gasteiger partial charge on any atom is 0.0449 e. The van der Waals surface area contributed by atoms with Crippen molar-refractivity contribution >= 4 is 11.4 Å². The molecule has 5 rings (SSSR count). The van der Waals surface area contributed by atoms with Crippen molar-refractivity contribution in [3.8, 4) is 22.3 Å². The van der Waals surface area contributed by atoms with Gasteiger partial charge in [0.25, 0.3) is 0 Å². The molecule has 1 aliphatic rings. The Hall–Kier alpha value is -3.32. The summed E-state index contributed by atoms with van der Waals surface area (Å²) >= 11 is 0. The molecule has 172 valence electrons. The van der Waals surface area contributed by atoms with Crippen LogP contribution in [0.25, 0.3) is 22.3 Å². The molecule has 1 aliphatic carbocycles. The van der Waals surface area contributed by atoms with Crippen LogP contribution in [-0.2, 0) is 5.41 Å². The summed E-state index contributed by atoms with van der Waals surface area (Å²) < 4.78 is 25.6. The molecule has 0 heterocycles. The Labute approximate surface area is 209 Å². The van der Waals surface area contributed by atoms with Gasteiger partial charge in [-0.3, -0.25) is 0 Å². The lowest BCUT2D eigenvalue weighted by atomic mass is 9.82. The molecule has 0 saturated carbocycles. The fourth-order valence-corrected chi connectivity index (χ4v) is 5.49. The average Bonchev–Trinajstić information content (AvgIpc) is 3.05. The molecule has 0 bridgehead atoms. The van der Waals surface area contributed by atoms with Gasteiger partial charge in [0.05, 0.1) is 0 Å². The van der Waals surface area contributed by atoms with Gasteiger partial charge in [0.1, 0.15) is 0 Å². The Kier molecular flexibility index (Phi) is 4.41. The minimum atomic E-state index is -2.26. The van der Waals surface area contributed by atoms with Crippen molar-refractivity contribution in [2.45, 2.75) is 59.3 Å². The van der Waals surface area contributed by atoms with Gasteiger partial charge in [-0.15, -0.1) is 0 Å². The van der Waals surface area contributed by atoms with Crippen LogP contribution in [0, 0.1) is 13.8 Å². The number of rotatable bonds is 3. The summed E-state index contributed by atoms with van der Waals surface area (Å²) in [6.07, 6.45) is 0. The van der Waals surface area contributed by atoms with Crippen LogP contribution in [0.5, 0.6) is 0 Å². The zero-order valence-corrected chi connectivity index (χ0v) is 21.0. The molecule has 0 fully saturated rings.